The van der Waals surface area contributed by atoms with Crippen LogP contribution in [0.2, 0.25) is 0 Å². The smallest absolute Gasteiger partial charge is 0.358 e. The Bertz CT molecular complexity index is 720. The first-order valence-corrected chi connectivity index (χ1v) is 8.45. The molecule has 1 amide bonds. The van der Waals surface area contributed by atoms with Gasteiger partial charge in [-0.2, -0.15) is 0 Å². The first kappa shape index (κ1) is 15.7. The molecule has 1 atom stereocenters. The molecule has 0 unspecified atom stereocenters. The summed E-state index contributed by atoms with van der Waals surface area (Å²) in [5.74, 6) is -0.826. The SMILES string of the molecule is Cc1ccc(-c2nc(C(=O)O[C@@H](C)C(=O)NC3CC3)cs2)cc1. The molecule has 1 aliphatic carbocycles. The lowest BCUT2D eigenvalue weighted by Gasteiger charge is -2.12. The van der Waals surface area contributed by atoms with Crippen LogP contribution in [-0.4, -0.2) is 29.0 Å². The van der Waals surface area contributed by atoms with Crippen LogP contribution >= 0.6 is 11.3 Å². The number of hydrogen-bond donors (Lipinski definition) is 1. The first-order valence-electron chi connectivity index (χ1n) is 7.57. The molecule has 6 heteroatoms. The average molecular weight is 330 g/mol. The third kappa shape index (κ3) is 3.96. The summed E-state index contributed by atoms with van der Waals surface area (Å²) in [6.45, 7) is 3.59. The molecule has 0 spiro atoms. The lowest BCUT2D eigenvalue weighted by atomic mass is 10.2. The Morgan fingerprint density at radius 1 is 1.30 bits per heavy atom. The molecule has 0 aliphatic heterocycles. The molecule has 1 aromatic carbocycles. The van der Waals surface area contributed by atoms with Gasteiger partial charge in [-0.15, -0.1) is 11.3 Å². The molecule has 5 nitrogen and oxygen atoms in total. The van der Waals surface area contributed by atoms with Crippen molar-refractivity contribution < 1.29 is 14.3 Å². The number of carbonyl (C=O) groups excluding carboxylic acids is 2. The lowest BCUT2D eigenvalue weighted by Crippen LogP contribution is -2.37. The molecule has 1 aromatic heterocycles. The monoisotopic (exact) mass is 330 g/mol. The zero-order chi connectivity index (χ0) is 16.4. The predicted molar refractivity (Wildman–Crippen MR) is 88.3 cm³/mol. The third-order valence-corrected chi connectivity index (χ3v) is 4.48. The quantitative estimate of drug-likeness (QED) is 0.856. The maximum absolute atomic E-state index is 12.1. The molecule has 120 valence electrons. The predicted octanol–water partition coefficient (Wildman–Crippen LogP) is 2.94. The van der Waals surface area contributed by atoms with E-state index >= 15 is 0 Å². The standard InChI is InChI=1S/C17H18N2O3S/c1-10-3-5-12(6-4-10)16-19-14(9-23-16)17(21)22-11(2)15(20)18-13-7-8-13/h3-6,9,11,13H,7-8H2,1-2H3,(H,18,20)/t11-/m0/s1. The normalized spacial score (nSPS) is 15.0. The Labute approximate surface area is 138 Å². The maximum Gasteiger partial charge on any atom is 0.358 e. The molecule has 1 aliphatic rings. The minimum atomic E-state index is -0.812. The van der Waals surface area contributed by atoms with Gasteiger partial charge in [0.15, 0.2) is 11.8 Å². The largest absolute Gasteiger partial charge is 0.448 e. The zero-order valence-corrected chi connectivity index (χ0v) is 13.9. The summed E-state index contributed by atoms with van der Waals surface area (Å²) in [5, 5.41) is 5.23. The maximum atomic E-state index is 12.1. The summed E-state index contributed by atoms with van der Waals surface area (Å²) in [7, 11) is 0. The second-order valence-corrected chi connectivity index (χ2v) is 6.59. The molecule has 1 heterocycles. The molecule has 3 rings (SSSR count). The van der Waals surface area contributed by atoms with Crippen molar-refractivity contribution in [2.24, 2.45) is 0 Å². The number of carbonyl (C=O) groups is 2. The highest BCUT2D eigenvalue weighted by Crippen LogP contribution is 2.24. The number of nitrogens with zero attached hydrogens (tertiary/aromatic N) is 1. The fourth-order valence-corrected chi connectivity index (χ4v) is 2.81. The summed E-state index contributed by atoms with van der Waals surface area (Å²) in [4.78, 5) is 28.2. The number of rotatable bonds is 5. The number of benzene rings is 1. The number of nitrogens with one attached hydrogen (secondary N) is 1. The van der Waals surface area contributed by atoms with Gasteiger partial charge in [-0.05, 0) is 26.7 Å². The summed E-state index contributed by atoms with van der Waals surface area (Å²) in [6, 6.07) is 8.18. The summed E-state index contributed by atoms with van der Waals surface area (Å²) in [6.07, 6.45) is 1.18. The van der Waals surface area contributed by atoms with Gasteiger partial charge >= 0.3 is 5.97 Å². The fraction of sp³-hybridized carbons (Fsp3) is 0.353. The van der Waals surface area contributed by atoms with E-state index in [0.717, 1.165) is 23.4 Å². The highest BCUT2D eigenvalue weighted by molar-refractivity contribution is 7.13. The van der Waals surface area contributed by atoms with E-state index in [9.17, 15) is 9.59 Å². The summed E-state index contributed by atoms with van der Waals surface area (Å²) >= 11 is 1.38. The second kappa shape index (κ2) is 6.50. The Balaban J connectivity index is 1.63. The van der Waals surface area contributed by atoms with Gasteiger partial charge in [0.2, 0.25) is 0 Å². The van der Waals surface area contributed by atoms with Gasteiger partial charge < -0.3 is 10.1 Å². The van der Waals surface area contributed by atoms with Crippen LogP contribution in [0.5, 0.6) is 0 Å². The minimum absolute atomic E-state index is 0.233. The van der Waals surface area contributed by atoms with Crippen LogP contribution in [0.3, 0.4) is 0 Å². The highest BCUT2D eigenvalue weighted by atomic mass is 32.1. The van der Waals surface area contributed by atoms with Crippen LogP contribution in [-0.2, 0) is 9.53 Å². The average Bonchev–Trinajstić information content (AvgIpc) is 3.20. The highest BCUT2D eigenvalue weighted by Gasteiger charge is 2.27. The van der Waals surface area contributed by atoms with Gasteiger partial charge in [0, 0.05) is 17.0 Å². The van der Waals surface area contributed by atoms with E-state index in [-0.39, 0.29) is 17.6 Å². The fourth-order valence-electron chi connectivity index (χ4n) is 2.02. The van der Waals surface area contributed by atoms with Gasteiger partial charge in [0.25, 0.3) is 5.91 Å². The third-order valence-electron chi connectivity index (χ3n) is 3.59. The zero-order valence-electron chi connectivity index (χ0n) is 13.0. The Hall–Kier alpha value is -2.21. The van der Waals surface area contributed by atoms with E-state index in [1.807, 2.05) is 31.2 Å². The van der Waals surface area contributed by atoms with Crippen LogP contribution < -0.4 is 5.32 Å². The van der Waals surface area contributed by atoms with Crippen LogP contribution in [0.1, 0.15) is 35.8 Å². The number of ether oxygens (including phenoxy) is 1. The van der Waals surface area contributed by atoms with E-state index in [0.29, 0.717) is 0 Å². The van der Waals surface area contributed by atoms with E-state index in [1.165, 1.54) is 16.9 Å². The Kier molecular flexibility index (Phi) is 4.43. The Morgan fingerprint density at radius 2 is 2.00 bits per heavy atom. The van der Waals surface area contributed by atoms with Crippen molar-refractivity contribution >= 4 is 23.2 Å². The van der Waals surface area contributed by atoms with E-state index in [1.54, 1.807) is 12.3 Å². The van der Waals surface area contributed by atoms with E-state index in [2.05, 4.69) is 10.3 Å². The van der Waals surface area contributed by atoms with Crippen LogP contribution in [0.4, 0.5) is 0 Å². The summed E-state index contributed by atoms with van der Waals surface area (Å²) in [5.41, 5.74) is 2.36. The van der Waals surface area contributed by atoms with Gasteiger partial charge in [-0.3, -0.25) is 4.79 Å². The van der Waals surface area contributed by atoms with Gasteiger partial charge in [0.05, 0.1) is 0 Å². The van der Waals surface area contributed by atoms with Crippen molar-refractivity contribution in [2.45, 2.75) is 38.8 Å². The molecule has 0 radical (unpaired) electrons. The number of amides is 1. The van der Waals surface area contributed by atoms with Crippen LogP contribution in [0, 0.1) is 6.92 Å². The van der Waals surface area contributed by atoms with Crippen LogP contribution in [0.25, 0.3) is 10.6 Å². The topological polar surface area (TPSA) is 68.3 Å². The second-order valence-electron chi connectivity index (χ2n) is 5.73. The minimum Gasteiger partial charge on any atom is -0.448 e. The Morgan fingerprint density at radius 3 is 2.65 bits per heavy atom. The van der Waals surface area contributed by atoms with Crippen molar-refractivity contribution in [1.82, 2.24) is 10.3 Å². The van der Waals surface area contributed by atoms with Crippen molar-refractivity contribution in [3.05, 3.63) is 40.9 Å². The van der Waals surface area contributed by atoms with Crippen LogP contribution in [0.15, 0.2) is 29.6 Å². The van der Waals surface area contributed by atoms with Crippen molar-refractivity contribution in [2.75, 3.05) is 0 Å². The molecule has 1 N–H and O–H groups in total. The number of aromatic nitrogens is 1. The van der Waals surface area contributed by atoms with E-state index in [4.69, 9.17) is 4.74 Å². The summed E-state index contributed by atoms with van der Waals surface area (Å²) < 4.78 is 5.19. The van der Waals surface area contributed by atoms with Crippen molar-refractivity contribution in [3.8, 4) is 10.6 Å². The van der Waals surface area contributed by atoms with E-state index < -0.39 is 12.1 Å². The number of aryl methyl sites for hydroxylation is 1. The number of thiazole rings is 1. The molecule has 1 saturated carbocycles. The molecule has 2 aromatic rings. The van der Waals surface area contributed by atoms with Crippen molar-refractivity contribution in [1.29, 1.82) is 0 Å². The molecule has 1 fully saturated rings. The first-order chi connectivity index (χ1) is 11.0. The molecule has 0 saturated heterocycles. The molecule has 0 bridgehead atoms. The lowest BCUT2D eigenvalue weighted by molar-refractivity contribution is -0.129. The number of hydrogen-bond acceptors (Lipinski definition) is 5. The van der Waals surface area contributed by atoms with Crippen molar-refractivity contribution in [3.63, 3.8) is 0 Å². The van der Waals surface area contributed by atoms with Gasteiger partial charge in [-0.25, -0.2) is 9.78 Å². The number of esters is 1. The molecular formula is C17H18N2O3S. The molecule has 23 heavy (non-hydrogen) atoms. The van der Waals surface area contributed by atoms with Gasteiger partial charge in [0.1, 0.15) is 5.01 Å². The van der Waals surface area contributed by atoms with Gasteiger partial charge in [-0.1, -0.05) is 29.8 Å². The molecular weight excluding hydrogens is 312 g/mol.